The SMILES string of the molecule is CCOc1cc(F)c(Cn2nc(-c3ncc(CCNC(=O)O)c(Nc4ccnc(C)n4)n3)c3ccccc32)c(F)c1. The van der Waals surface area contributed by atoms with Crippen molar-refractivity contribution in [2.75, 3.05) is 18.5 Å². The Morgan fingerprint density at radius 3 is 2.61 bits per heavy atom. The van der Waals surface area contributed by atoms with Gasteiger partial charge < -0.3 is 20.5 Å². The zero-order chi connectivity index (χ0) is 28.9. The molecule has 0 atom stereocenters. The van der Waals surface area contributed by atoms with Crippen LogP contribution in [0.4, 0.5) is 25.2 Å². The van der Waals surface area contributed by atoms with Crippen molar-refractivity contribution in [1.29, 1.82) is 0 Å². The number of ether oxygens (including phenoxy) is 1. The highest BCUT2D eigenvalue weighted by atomic mass is 19.1. The number of nitrogens with one attached hydrogen (secondary N) is 2. The third kappa shape index (κ3) is 6.19. The van der Waals surface area contributed by atoms with Gasteiger partial charge in [-0.3, -0.25) is 4.68 Å². The fourth-order valence-electron chi connectivity index (χ4n) is 4.31. The maximum atomic E-state index is 14.9. The molecule has 5 aromatic rings. The first-order valence-electron chi connectivity index (χ1n) is 12.8. The van der Waals surface area contributed by atoms with Gasteiger partial charge in [-0.05, 0) is 32.4 Å². The van der Waals surface area contributed by atoms with Crippen molar-refractivity contribution in [2.24, 2.45) is 0 Å². The summed E-state index contributed by atoms with van der Waals surface area (Å²) in [7, 11) is 0. The number of carbonyl (C=O) groups is 1. The first-order valence-corrected chi connectivity index (χ1v) is 12.8. The van der Waals surface area contributed by atoms with Gasteiger partial charge in [-0.2, -0.15) is 5.10 Å². The number of benzene rings is 2. The molecule has 5 rings (SSSR count). The van der Waals surface area contributed by atoms with Gasteiger partial charge in [-0.25, -0.2) is 33.5 Å². The number of para-hydroxylation sites is 1. The quantitative estimate of drug-likeness (QED) is 0.218. The Morgan fingerprint density at radius 1 is 1.10 bits per heavy atom. The monoisotopic (exact) mass is 560 g/mol. The van der Waals surface area contributed by atoms with E-state index in [1.165, 1.54) is 4.68 Å². The number of hydrogen-bond acceptors (Lipinski definition) is 8. The van der Waals surface area contributed by atoms with Crippen LogP contribution in [0.5, 0.6) is 5.75 Å². The molecule has 0 unspecified atom stereocenters. The molecule has 3 aromatic heterocycles. The third-order valence-corrected chi connectivity index (χ3v) is 6.16. The van der Waals surface area contributed by atoms with Crippen molar-refractivity contribution in [3.8, 4) is 17.3 Å². The number of aryl methyl sites for hydroxylation is 1. The summed E-state index contributed by atoms with van der Waals surface area (Å²) in [6, 6.07) is 11.2. The minimum absolute atomic E-state index is 0.114. The van der Waals surface area contributed by atoms with Crippen LogP contribution in [0.25, 0.3) is 22.4 Å². The summed E-state index contributed by atoms with van der Waals surface area (Å²) in [5.74, 6) is 0.346. The molecule has 0 aliphatic heterocycles. The predicted molar refractivity (Wildman–Crippen MR) is 147 cm³/mol. The maximum absolute atomic E-state index is 14.9. The molecule has 0 saturated carbocycles. The number of hydrogen-bond donors (Lipinski definition) is 3. The Balaban J connectivity index is 1.54. The molecule has 3 heterocycles. The summed E-state index contributed by atoms with van der Waals surface area (Å²) in [5.41, 5.74) is 1.52. The first kappa shape index (κ1) is 27.4. The number of rotatable bonds is 10. The number of halogens is 2. The fraction of sp³-hybridized carbons (Fsp3) is 0.214. The molecule has 0 bridgehead atoms. The normalized spacial score (nSPS) is 11.0. The largest absolute Gasteiger partial charge is 0.494 e. The average molecular weight is 561 g/mol. The van der Waals surface area contributed by atoms with Crippen molar-refractivity contribution < 1.29 is 23.4 Å². The van der Waals surface area contributed by atoms with Gasteiger partial charge in [-0.1, -0.05) is 18.2 Å². The second-order valence-corrected chi connectivity index (χ2v) is 8.99. The van der Waals surface area contributed by atoms with E-state index in [1.54, 1.807) is 44.4 Å². The van der Waals surface area contributed by atoms with Crippen molar-refractivity contribution in [1.82, 2.24) is 35.0 Å². The van der Waals surface area contributed by atoms with Gasteiger partial charge in [0.2, 0.25) is 0 Å². The number of nitrogens with zero attached hydrogens (tertiary/aromatic N) is 6. The van der Waals surface area contributed by atoms with Crippen LogP contribution in [0.15, 0.2) is 54.9 Å². The van der Waals surface area contributed by atoms with Crippen LogP contribution < -0.4 is 15.4 Å². The molecular weight excluding hydrogens is 534 g/mol. The number of amides is 1. The van der Waals surface area contributed by atoms with E-state index in [1.807, 2.05) is 12.1 Å². The van der Waals surface area contributed by atoms with E-state index < -0.39 is 17.7 Å². The Morgan fingerprint density at radius 2 is 1.88 bits per heavy atom. The second kappa shape index (κ2) is 11.9. The minimum atomic E-state index is -1.14. The molecule has 0 radical (unpaired) electrons. The molecule has 210 valence electrons. The highest BCUT2D eigenvalue weighted by molar-refractivity contribution is 5.91. The summed E-state index contributed by atoms with van der Waals surface area (Å²) >= 11 is 0. The van der Waals surface area contributed by atoms with Crippen molar-refractivity contribution in [2.45, 2.75) is 26.8 Å². The zero-order valence-corrected chi connectivity index (χ0v) is 22.2. The number of fused-ring (bicyclic) bond motifs is 1. The van der Waals surface area contributed by atoms with Crippen molar-refractivity contribution in [3.63, 3.8) is 0 Å². The molecule has 0 saturated heterocycles. The van der Waals surface area contributed by atoms with Crippen molar-refractivity contribution in [3.05, 3.63) is 83.4 Å². The van der Waals surface area contributed by atoms with Crippen LogP contribution in [0.1, 0.15) is 23.9 Å². The molecule has 3 N–H and O–H groups in total. The smallest absolute Gasteiger partial charge is 0.404 e. The molecule has 41 heavy (non-hydrogen) atoms. The molecule has 0 spiro atoms. The lowest BCUT2D eigenvalue weighted by Crippen LogP contribution is -2.23. The highest BCUT2D eigenvalue weighted by Crippen LogP contribution is 2.30. The van der Waals surface area contributed by atoms with Gasteiger partial charge >= 0.3 is 6.09 Å². The van der Waals surface area contributed by atoms with Crippen LogP contribution in [-0.4, -0.2) is 54.1 Å². The summed E-state index contributed by atoms with van der Waals surface area (Å²) in [6.45, 7) is 3.75. The predicted octanol–water partition coefficient (Wildman–Crippen LogP) is 4.87. The van der Waals surface area contributed by atoms with E-state index in [9.17, 15) is 13.6 Å². The Labute approximate surface area is 233 Å². The lowest BCUT2D eigenvalue weighted by molar-refractivity contribution is 0.194. The van der Waals surface area contributed by atoms with E-state index in [-0.39, 0.29) is 36.8 Å². The molecule has 2 aromatic carbocycles. The molecule has 13 heteroatoms. The van der Waals surface area contributed by atoms with Gasteiger partial charge in [0.1, 0.15) is 40.5 Å². The molecule has 11 nitrogen and oxygen atoms in total. The van der Waals surface area contributed by atoms with Crippen LogP contribution >= 0.6 is 0 Å². The lowest BCUT2D eigenvalue weighted by atomic mass is 10.1. The molecule has 1 amide bonds. The standard InChI is InChI=1S/C28H26F2N8O3/c1-3-41-18-12-21(29)20(22(30)13-18)15-38-23-7-5-4-6-19(23)25(37-38)27-33-14-17(8-10-32-28(39)40)26(36-27)35-24-9-11-31-16(2)34-24/h4-7,9,11-14,32H,3,8,10,15H2,1-2H3,(H,39,40)(H,31,33,34,35,36). The summed E-state index contributed by atoms with van der Waals surface area (Å²) in [4.78, 5) is 28.6. The number of anilines is 2. The summed E-state index contributed by atoms with van der Waals surface area (Å²) in [6.07, 6.45) is 2.36. The van der Waals surface area contributed by atoms with Crippen LogP contribution in [-0.2, 0) is 13.0 Å². The second-order valence-electron chi connectivity index (χ2n) is 8.99. The molecule has 0 aliphatic rings. The Bertz CT molecular complexity index is 1700. The topological polar surface area (TPSA) is 140 Å². The van der Waals surface area contributed by atoms with E-state index in [4.69, 9.17) is 14.8 Å². The third-order valence-electron chi connectivity index (χ3n) is 6.16. The first-order chi connectivity index (χ1) is 19.8. The van der Waals surface area contributed by atoms with Crippen LogP contribution in [0.3, 0.4) is 0 Å². The van der Waals surface area contributed by atoms with Gasteiger partial charge in [0.05, 0.1) is 18.7 Å². The van der Waals surface area contributed by atoms with Gasteiger partial charge in [0.25, 0.3) is 0 Å². The van der Waals surface area contributed by atoms with Gasteiger partial charge in [0, 0.05) is 47.6 Å². The van der Waals surface area contributed by atoms with Crippen LogP contribution in [0, 0.1) is 18.6 Å². The van der Waals surface area contributed by atoms with Gasteiger partial charge in [0.15, 0.2) is 5.82 Å². The van der Waals surface area contributed by atoms with E-state index >= 15 is 0 Å². The number of aromatic nitrogens is 6. The average Bonchev–Trinajstić information content (AvgIpc) is 3.30. The Kier molecular flexibility index (Phi) is 7.94. The Hall–Kier alpha value is -5.20. The van der Waals surface area contributed by atoms with Gasteiger partial charge in [-0.15, -0.1) is 0 Å². The summed E-state index contributed by atoms with van der Waals surface area (Å²) < 4.78 is 36.5. The number of carboxylic acid groups (broad SMARTS) is 1. The highest BCUT2D eigenvalue weighted by Gasteiger charge is 2.20. The minimum Gasteiger partial charge on any atom is -0.494 e. The van der Waals surface area contributed by atoms with E-state index in [0.29, 0.717) is 46.0 Å². The van der Waals surface area contributed by atoms with E-state index in [0.717, 1.165) is 12.1 Å². The molecule has 0 fully saturated rings. The fourth-order valence-corrected chi connectivity index (χ4v) is 4.31. The van der Waals surface area contributed by atoms with Crippen LogP contribution in [0.2, 0.25) is 0 Å². The van der Waals surface area contributed by atoms with E-state index in [2.05, 4.69) is 30.7 Å². The lowest BCUT2D eigenvalue weighted by Gasteiger charge is -2.12. The summed E-state index contributed by atoms with van der Waals surface area (Å²) in [5, 5.41) is 19.8. The molecule has 0 aliphatic carbocycles. The van der Waals surface area contributed by atoms with Crippen molar-refractivity contribution >= 4 is 28.6 Å². The zero-order valence-electron chi connectivity index (χ0n) is 22.2. The molecular formula is C28H26F2N8O3. The maximum Gasteiger partial charge on any atom is 0.404 e.